The van der Waals surface area contributed by atoms with Crippen LogP contribution in [0.25, 0.3) is 10.8 Å². The standard InChI is InChI=1S/C20H23N3O4S/c1-2-23-15-9-10-16(13-7-6-8-14(17(13)15)18(23)24)28(26,27)22-20(19(21)25)11-4-3-5-12-20/h6-10,22H,2-5,11-12H2,1H3,(H2,21,25). The Morgan fingerprint density at radius 2 is 1.89 bits per heavy atom. The average molecular weight is 401 g/mol. The monoisotopic (exact) mass is 401 g/mol. The summed E-state index contributed by atoms with van der Waals surface area (Å²) in [5, 5.41) is 1.11. The normalized spacial score (nSPS) is 18.6. The number of primary amides is 1. The molecule has 1 aliphatic carbocycles. The molecule has 1 saturated carbocycles. The van der Waals surface area contributed by atoms with Gasteiger partial charge in [-0.25, -0.2) is 8.42 Å². The highest BCUT2D eigenvalue weighted by Gasteiger charge is 2.42. The summed E-state index contributed by atoms with van der Waals surface area (Å²) in [7, 11) is -4.02. The van der Waals surface area contributed by atoms with Gasteiger partial charge in [0.1, 0.15) is 5.54 Å². The summed E-state index contributed by atoms with van der Waals surface area (Å²) in [5.41, 5.74) is 5.54. The first-order valence-corrected chi connectivity index (χ1v) is 11.0. The number of benzene rings is 2. The summed E-state index contributed by atoms with van der Waals surface area (Å²) < 4.78 is 29.2. The Kier molecular flexibility index (Phi) is 4.43. The molecule has 0 radical (unpaired) electrons. The second-order valence-electron chi connectivity index (χ2n) is 7.47. The maximum absolute atomic E-state index is 13.3. The van der Waals surface area contributed by atoms with Crippen LogP contribution in [-0.4, -0.2) is 32.3 Å². The predicted molar refractivity (Wildman–Crippen MR) is 107 cm³/mol. The summed E-state index contributed by atoms with van der Waals surface area (Å²) in [6, 6.07) is 8.25. The van der Waals surface area contributed by atoms with E-state index in [0.717, 1.165) is 19.3 Å². The van der Waals surface area contributed by atoms with Crippen LogP contribution in [0.3, 0.4) is 0 Å². The SMILES string of the molecule is CCN1C(=O)c2cccc3c(S(=O)(=O)NC4(C(N)=O)CCCCC4)ccc1c23. The third kappa shape index (κ3) is 2.70. The van der Waals surface area contributed by atoms with E-state index in [9.17, 15) is 18.0 Å². The van der Waals surface area contributed by atoms with Gasteiger partial charge in [0.25, 0.3) is 5.91 Å². The Morgan fingerprint density at radius 1 is 1.18 bits per heavy atom. The van der Waals surface area contributed by atoms with E-state index in [1.807, 2.05) is 6.92 Å². The van der Waals surface area contributed by atoms with Crippen molar-refractivity contribution in [2.24, 2.45) is 5.73 Å². The first kappa shape index (κ1) is 18.9. The third-order valence-corrected chi connectivity index (χ3v) is 7.45. The van der Waals surface area contributed by atoms with E-state index in [-0.39, 0.29) is 10.8 Å². The lowest BCUT2D eigenvalue weighted by molar-refractivity contribution is -0.124. The van der Waals surface area contributed by atoms with Crippen molar-refractivity contribution in [3.63, 3.8) is 0 Å². The molecule has 0 bridgehead atoms. The molecule has 4 rings (SSSR count). The van der Waals surface area contributed by atoms with E-state index in [4.69, 9.17) is 5.73 Å². The van der Waals surface area contributed by atoms with Gasteiger partial charge in [0.2, 0.25) is 15.9 Å². The van der Waals surface area contributed by atoms with E-state index in [2.05, 4.69) is 4.72 Å². The van der Waals surface area contributed by atoms with Crippen LogP contribution in [0.15, 0.2) is 35.2 Å². The molecule has 0 unspecified atom stereocenters. The zero-order valence-corrected chi connectivity index (χ0v) is 16.5. The van der Waals surface area contributed by atoms with Gasteiger partial charge in [0, 0.05) is 22.9 Å². The van der Waals surface area contributed by atoms with E-state index in [1.54, 1.807) is 29.2 Å². The molecule has 7 nitrogen and oxygen atoms in total. The van der Waals surface area contributed by atoms with Crippen LogP contribution in [0.2, 0.25) is 0 Å². The van der Waals surface area contributed by atoms with Crippen molar-refractivity contribution >= 4 is 38.3 Å². The average Bonchev–Trinajstić information content (AvgIpc) is 2.95. The molecule has 1 aliphatic heterocycles. The van der Waals surface area contributed by atoms with Gasteiger partial charge >= 0.3 is 0 Å². The fraction of sp³-hybridized carbons (Fsp3) is 0.400. The maximum atomic E-state index is 13.3. The molecule has 0 saturated heterocycles. The van der Waals surface area contributed by atoms with Crippen LogP contribution in [0.5, 0.6) is 0 Å². The zero-order chi connectivity index (χ0) is 20.1. The first-order valence-electron chi connectivity index (χ1n) is 9.52. The molecule has 1 heterocycles. The van der Waals surface area contributed by atoms with Crippen molar-refractivity contribution in [3.8, 4) is 0 Å². The third-order valence-electron chi connectivity index (χ3n) is 5.86. The van der Waals surface area contributed by atoms with E-state index in [1.165, 1.54) is 6.07 Å². The fourth-order valence-electron chi connectivity index (χ4n) is 4.43. The van der Waals surface area contributed by atoms with E-state index < -0.39 is 21.5 Å². The molecule has 0 spiro atoms. The Bertz CT molecular complexity index is 1090. The van der Waals surface area contributed by atoms with Crippen LogP contribution in [0, 0.1) is 0 Å². The van der Waals surface area contributed by atoms with Crippen LogP contribution in [0.1, 0.15) is 49.4 Å². The predicted octanol–water partition coefficient (Wildman–Crippen LogP) is 2.29. The Balaban J connectivity index is 1.85. The number of nitrogens with two attached hydrogens (primary N) is 1. The first-order chi connectivity index (χ1) is 13.3. The summed E-state index contributed by atoms with van der Waals surface area (Å²) in [6.07, 6.45) is 3.23. The lowest BCUT2D eigenvalue weighted by atomic mass is 9.82. The van der Waals surface area contributed by atoms with Crippen LogP contribution < -0.4 is 15.4 Å². The van der Waals surface area contributed by atoms with Crippen LogP contribution >= 0.6 is 0 Å². The van der Waals surface area contributed by atoms with Gasteiger partial charge in [-0.3, -0.25) is 9.59 Å². The molecular formula is C20H23N3O4S. The summed E-state index contributed by atoms with van der Waals surface area (Å²) in [5.74, 6) is -0.777. The number of hydrogen-bond donors (Lipinski definition) is 2. The molecule has 3 N–H and O–H groups in total. The summed E-state index contributed by atoms with van der Waals surface area (Å²) >= 11 is 0. The van der Waals surface area contributed by atoms with Crippen LogP contribution in [-0.2, 0) is 14.8 Å². The minimum atomic E-state index is -4.02. The minimum Gasteiger partial charge on any atom is -0.368 e. The van der Waals surface area contributed by atoms with Gasteiger partial charge in [0.15, 0.2) is 0 Å². The molecule has 2 aromatic rings. The number of nitrogens with zero attached hydrogens (tertiary/aromatic N) is 1. The highest BCUT2D eigenvalue weighted by Crippen LogP contribution is 2.40. The van der Waals surface area contributed by atoms with Crippen molar-refractivity contribution in [2.45, 2.75) is 49.5 Å². The molecule has 1 fully saturated rings. The number of anilines is 1. The number of amides is 2. The zero-order valence-electron chi connectivity index (χ0n) is 15.7. The number of carbonyl (C=O) groups is 2. The second-order valence-corrected chi connectivity index (χ2v) is 9.12. The summed E-state index contributed by atoms with van der Waals surface area (Å²) in [4.78, 5) is 26.5. The highest BCUT2D eigenvalue weighted by atomic mass is 32.2. The molecule has 8 heteroatoms. The minimum absolute atomic E-state index is 0.0602. The molecule has 28 heavy (non-hydrogen) atoms. The van der Waals surface area contributed by atoms with Crippen molar-refractivity contribution in [2.75, 3.05) is 11.4 Å². The lowest BCUT2D eigenvalue weighted by Crippen LogP contribution is -2.58. The van der Waals surface area contributed by atoms with Gasteiger partial charge in [-0.1, -0.05) is 31.4 Å². The van der Waals surface area contributed by atoms with Gasteiger partial charge in [-0.05, 0) is 38.0 Å². The van der Waals surface area contributed by atoms with E-state index >= 15 is 0 Å². The van der Waals surface area contributed by atoms with Crippen LogP contribution in [0.4, 0.5) is 5.69 Å². The molecule has 2 aromatic carbocycles. The Labute approximate surface area is 163 Å². The molecule has 2 aliphatic rings. The fourth-order valence-corrected chi connectivity index (χ4v) is 6.07. The molecule has 0 aromatic heterocycles. The Morgan fingerprint density at radius 3 is 2.54 bits per heavy atom. The smallest absolute Gasteiger partial charge is 0.258 e. The van der Waals surface area contributed by atoms with Gasteiger partial charge in [0.05, 0.1) is 10.6 Å². The van der Waals surface area contributed by atoms with Gasteiger partial charge in [-0.15, -0.1) is 0 Å². The van der Waals surface area contributed by atoms with E-state index in [0.29, 0.717) is 41.4 Å². The molecule has 148 valence electrons. The number of carbonyl (C=O) groups excluding carboxylic acids is 2. The van der Waals surface area contributed by atoms with Crippen molar-refractivity contribution in [3.05, 3.63) is 35.9 Å². The molecular weight excluding hydrogens is 378 g/mol. The van der Waals surface area contributed by atoms with Crippen molar-refractivity contribution in [1.29, 1.82) is 0 Å². The Hall–Kier alpha value is -2.45. The number of sulfonamides is 1. The number of hydrogen-bond acceptors (Lipinski definition) is 4. The maximum Gasteiger partial charge on any atom is 0.258 e. The number of rotatable bonds is 5. The van der Waals surface area contributed by atoms with Gasteiger partial charge in [-0.2, -0.15) is 4.72 Å². The van der Waals surface area contributed by atoms with Crippen molar-refractivity contribution in [1.82, 2.24) is 4.72 Å². The molecule has 2 amide bonds. The number of nitrogens with one attached hydrogen (secondary N) is 1. The van der Waals surface area contributed by atoms with Crippen molar-refractivity contribution < 1.29 is 18.0 Å². The highest BCUT2D eigenvalue weighted by molar-refractivity contribution is 7.89. The summed E-state index contributed by atoms with van der Waals surface area (Å²) in [6.45, 7) is 2.37. The second kappa shape index (κ2) is 6.56. The topological polar surface area (TPSA) is 110 Å². The molecule has 0 atom stereocenters. The van der Waals surface area contributed by atoms with Gasteiger partial charge < -0.3 is 10.6 Å². The largest absolute Gasteiger partial charge is 0.368 e. The lowest BCUT2D eigenvalue weighted by Gasteiger charge is -2.34. The quantitative estimate of drug-likeness (QED) is 0.801.